The largest absolute Gasteiger partial charge is 0.508 e. The van der Waals surface area contributed by atoms with E-state index in [1.165, 1.54) is 28.6 Å². The number of carbonyl (C=O) groups excluding carboxylic acids is 1. The van der Waals surface area contributed by atoms with E-state index >= 15 is 0 Å². The van der Waals surface area contributed by atoms with Gasteiger partial charge in [-0.25, -0.2) is 15.0 Å². The summed E-state index contributed by atoms with van der Waals surface area (Å²) in [6, 6.07) is 14.3. The molecule has 65 heavy (non-hydrogen) atoms. The Hall–Kier alpha value is -6.11. The Bertz CT molecular complexity index is 2780. The second-order valence-corrected chi connectivity index (χ2v) is 20.9. The van der Waals surface area contributed by atoms with Gasteiger partial charge in [0, 0.05) is 47.5 Å². The summed E-state index contributed by atoms with van der Waals surface area (Å²) in [5.41, 5.74) is 5.65. The van der Waals surface area contributed by atoms with E-state index in [0.717, 1.165) is 84.4 Å². The normalized spacial score (nSPS) is 19.3. The molecule has 1 atom stereocenters. The number of aliphatic imine (C=N–C) groups is 1. The first-order valence-electron chi connectivity index (χ1n) is 22.1. The Morgan fingerprint density at radius 2 is 1.72 bits per heavy atom. The SMILES string of the molecule is Cc1sc2c(c1C)C(c1ccc(OC3CC4(CCN(c5ncc(C(=O)NC6C(C)(C)CC6(C)C)cn5)CC4)C3)cc1)=NC(Cc1ncco1)c1nnc(C)n1-2.N#Cc1ccc(O)cc1Cl. The van der Waals surface area contributed by atoms with Crippen LogP contribution in [0.25, 0.3) is 5.00 Å². The zero-order chi connectivity index (χ0) is 45.8. The maximum absolute atomic E-state index is 13.0. The van der Waals surface area contributed by atoms with E-state index < -0.39 is 0 Å². The molecular formula is C49H53ClN10O4S. The third kappa shape index (κ3) is 8.61. The van der Waals surface area contributed by atoms with Gasteiger partial charge in [0.15, 0.2) is 11.7 Å². The minimum Gasteiger partial charge on any atom is -0.508 e. The molecule has 2 N–H and O–H groups in total. The van der Waals surface area contributed by atoms with Crippen molar-refractivity contribution in [3.8, 4) is 22.6 Å². The van der Waals surface area contributed by atoms with Gasteiger partial charge >= 0.3 is 0 Å². The molecule has 10 rings (SSSR count). The van der Waals surface area contributed by atoms with E-state index in [2.05, 4.69) is 106 Å². The minimum atomic E-state index is -0.308. The Morgan fingerprint density at radius 1 is 1.02 bits per heavy atom. The zero-order valence-electron chi connectivity index (χ0n) is 37.7. The van der Waals surface area contributed by atoms with Crippen LogP contribution in [-0.2, 0) is 6.42 Å². The van der Waals surface area contributed by atoms with E-state index in [1.807, 2.05) is 13.0 Å². The van der Waals surface area contributed by atoms with Gasteiger partial charge in [0.05, 0.1) is 40.6 Å². The number of aryl methyl sites for hydroxylation is 2. The number of nitrogens with one attached hydrogen (secondary N) is 1. The fourth-order valence-corrected chi connectivity index (χ4v) is 12.0. The van der Waals surface area contributed by atoms with Gasteiger partial charge in [-0.15, -0.1) is 21.5 Å². The number of oxazole rings is 1. The number of nitriles is 1. The zero-order valence-corrected chi connectivity index (χ0v) is 39.3. The lowest BCUT2D eigenvalue weighted by Crippen LogP contribution is -2.63. The predicted molar refractivity (Wildman–Crippen MR) is 249 cm³/mol. The highest BCUT2D eigenvalue weighted by atomic mass is 35.5. The minimum absolute atomic E-state index is 0.0731. The number of ether oxygens (including phenoxy) is 1. The Labute approximate surface area is 387 Å². The highest BCUT2D eigenvalue weighted by Crippen LogP contribution is 2.54. The number of anilines is 1. The molecule has 1 spiro atoms. The predicted octanol–water partition coefficient (Wildman–Crippen LogP) is 9.47. The number of aromatic nitrogens is 6. The molecule has 6 aromatic rings. The number of aromatic hydroxyl groups is 1. The van der Waals surface area contributed by atoms with Crippen LogP contribution < -0.4 is 15.0 Å². The Morgan fingerprint density at radius 3 is 2.35 bits per heavy atom. The molecule has 336 valence electrons. The van der Waals surface area contributed by atoms with Gasteiger partial charge in [0.1, 0.15) is 40.7 Å². The lowest BCUT2D eigenvalue weighted by atomic mass is 9.52. The molecule has 1 unspecified atom stereocenters. The number of piperidine rings is 1. The van der Waals surface area contributed by atoms with Crippen molar-refractivity contribution in [1.82, 2.24) is 35.0 Å². The molecule has 2 aromatic carbocycles. The lowest BCUT2D eigenvalue weighted by molar-refractivity contribution is -0.0366. The maximum Gasteiger partial charge on any atom is 0.254 e. The monoisotopic (exact) mass is 912 g/mol. The number of hydrogen-bond acceptors (Lipinski definition) is 13. The van der Waals surface area contributed by atoms with Gasteiger partial charge < -0.3 is 24.5 Å². The van der Waals surface area contributed by atoms with Crippen molar-refractivity contribution in [2.45, 2.75) is 105 Å². The molecule has 1 saturated heterocycles. The van der Waals surface area contributed by atoms with Crippen LogP contribution in [0.1, 0.15) is 121 Å². The molecule has 14 nitrogen and oxygen atoms in total. The average Bonchev–Trinajstić information content (AvgIpc) is 3.98. The van der Waals surface area contributed by atoms with Crippen LogP contribution in [0.5, 0.6) is 11.5 Å². The van der Waals surface area contributed by atoms with E-state index in [4.69, 9.17) is 36.1 Å². The molecule has 2 aliphatic heterocycles. The quantitative estimate of drug-likeness (QED) is 0.149. The lowest BCUT2D eigenvalue weighted by Gasteiger charge is -2.57. The fraction of sp³-hybridized carbons (Fsp3) is 0.429. The van der Waals surface area contributed by atoms with E-state index in [1.54, 1.807) is 36.2 Å². The summed E-state index contributed by atoms with van der Waals surface area (Å²) in [5.74, 6) is 3.79. The number of phenols is 1. The molecule has 16 heteroatoms. The molecular weight excluding hydrogens is 860 g/mol. The molecule has 4 aliphatic rings. The Balaban J connectivity index is 0.000000473. The summed E-state index contributed by atoms with van der Waals surface area (Å²) in [6.07, 6.45) is 12.6. The van der Waals surface area contributed by atoms with Gasteiger partial charge in [-0.2, -0.15) is 5.26 Å². The van der Waals surface area contributed by atoms with Gasteiger partial charge in [-0.1, -0.05) is 39.3 Å². The maximum atomic E-state index is 13.0. The van der Waals surface area contributed by atoms with Gasteiger partial charge in [-0.05, 0) is 117 Å². The highest BCUT2D eigenvalue weighted by molar-refractivity contribution is 7.15. The second-order valence-electron chi connectivity index (χ2n) is 19.3. The number of hydrogen-bond donors (Lipinski definition) is 2. The summed E-state index contributed by atoms with van der Waals surface area (Å²) in [4.78, 5) is 35.5. The Kier molecular flexibility index (Phi) is 11.6. The third-order valence-corrected chi connectivity index (χ3v) is 15.2. The van der Waals surface area contributed by atoms with E-state index in [9.17, 15) is 4.79 Å². The standard InChI is InChI=1S/C42H49N9O3S.C7H4ClNO/c1-24-25(2)55-37-33(24)34(46-31(18-32-43-14-17-53-32)35-49-48-26(3)51(35)37)27-8-10-29(11-9-27)54-30-19-42(20-30)12-15-50(16-13-42)39-44-21-28(22-45-39)36(52)47-38-40(4,5)23-41(38,6)7;8-7-3-6(10)2-1-5(7)4-9/h8-11,14,17,21-22,30-31,38H,12-13,15-16,18-20,23H2,1-7H3,(H,47,52);1-3,10H. The van der Waals surface area contributed by atoms with Crippen molar-refractivity contribution in [2.24, 2.45) is 21.2 Å². The van der Waals surface area contributed by atoms with E-state index in [-0.39, 0.29) is 45.7 Å². The van der Waals surface area contributed by atoms with Crippen LogP contribution >= 0.6 is 22.9 Å². The number of fused-ring (bicyclic) bond motifs is 3. The molecule has 2 aliphatic carbocycles. The first-order valence-corrected chi connectivity index (χ1v) is 23.2. The van der Waals surface area contributed by atoms with Crippen molar-refractivity contribution in [1.29, 1.82) is 5.26 Å². The fourth-order valence-electron chi connectivity index (χ4n) is 10.6. The van der Waals surface area contributed by atoms with Crippen molar-refractivity contribution < 1.29 is 19.1 Å². The summed E-state index contributed by atoms with van der Waals surface area (Å²) < 4.78 is 14.3. The van der Waals surface area contributed by atoms with Crippen molar-refractivity contribution in [2.75, 3.05) is 18.0 Å². The smallest absolute Gasteiger partial charge is 0.254 e. The number of rotatable bonds is 8. The number of benzene rings is 2. The van der Waals surface area contributed by atoms with Crippen LogP contribution in [0.3, 0.4) is 0 Å². The van der Waals surface area contributed by atoms with Crippen LogP contribution in [0.15, 0.2) is 76.7 Å². The summed E-state index contributed by atoms with van der Waals surface area (Å²) in [5, 5.41) is 30.9. The molecule has 4 aromatic heterocycles. The van der Waals surface area contributed by atoms with Crippen molar-refractivity contribution in [3.05, 3.63) is 123 Å². The topological polar surface area (TPSA) is 180 Å². The van der Waals surface area contributed by atoms with Crippen LogP contribution in [0.4, 0.5) is 5.95 Å². The van der Waals surface area contributed by atoms with Crippen molar-refractivity contribution in [3.63, 3.8) is 0 Å². The highest BCUT2D eigenvalue weighted by Gasteiger charge is 2.53. The summed E-state index contributed by atoms with van der Waals surface area (Å²) >= 11 is 7.30. The number of amides is 1. The second kappa shape index (κ2) is 17.0. The van der Waals surface area contributed by atoms with Crippen molar-refractivity contribution >= 4 is 40.5 Å². The first-order chi connectivity index (χ1) is 31.0. The molecule has 1 amide bonds. The summed E-state index contributed by atoms with van der Waals surface area (Å²) in [7, 11) is 0. The number of thiophene rings is 1. The average molecular weight is 914 g/mol. The molecule has 3 fully saturated rings. The number of halogens is 1. The summed E-state index contributed by atoms with van der Waals surface area (Å²) in [6.45, 7) is 17.0. The molecule has 6 heterocycles. The van der Waals surface area contributed by atoms with Gasteiger partial charge in [0.25, 0.3) is 5.91 Å². The molecule has 0 radical (unpaired) electrons. The van der Waals surface area contributed by atoms with Crippen LogP contribution in [-0.4, -0.2) is 71.7 Å². The molecule has 0 bridgehead atoms. The third-order valence-electron chi connectivity index (χ3n) is 13.7. The van der Waals surface area contributed by atoms with Gasteiger partial charge in [-0.3, -0.25) is 14.4 Å². The van der Waals surface area contributed by atoms with Crippen LogP contribution in [0.2, 0.25) is 5.02 Å². The van der Waals surface area contributed by atoms with Gasteiger partial charge in [0.2, 0.25) is 5.95 Å². The first kappa shape index (κ1) is 44.1. The number of phenolic OH excluding ortho intramolecular Hbond substituents is 1. The molecule has 2 saturated carbocycles. The number of nitrogens with zero attached hydrogens (tertiary/aromatic N) is 9. The van der Waals surface area contributed by atoms with Crippen LogP contribution in [0, 0.1) is 48.3 Å². The van der Waals surface area contributed by atoms with E-state index in [0.29, 0.717) is 34.8 Å². The number of carbonyl (C=O) groups is 1.